The first-order chi connectivity index (χ1) is 10.3. The smallest absolute Gasteiger partial charge is 0.400 e. The molecule has 0 atom stereocenters. The van der Waals surface area contributed by atoms with Gasteiger partial charge in [-0.05, 0) is 58.5 Å². The molecule has 0 bridgehead atoms. The van der Waals surface area contributed by atoms with Crippen molar-refractivity contribution in [3.8, 4) is 0 Å². The molecule has 118 valence electrons. The van der Waals surface area contributed by atoms with E-state index in [1.54, 1.807) is 0 Å². The third kappa shape index (κ3) is 3.53. The van der Waals surface area contributed by atoms with Gasteiger partial charge in [0.2, 0.25) is 0 Å². The lowest BCUT2D eigenvalue weighted by atomic mass is 9.74. The van der Waals surface area contributed by atoms with E-state index in [2.05, 4.69) is 65.5 Å². The quantitative estimate of drug-likeness (QED) is 0.576. The van der Waals surface area contributed by atoms with E-state index in [1.807, 2.05) is 12.1 Å². The number of hydrogen-bond donors (Lipinski definition) is 0. The minimum absolute atomic E-state index is 0.274. The molecule has 0 radical (unpaired) electrons. The second kappa shape index (κ2) is 6.43. The molecule has 2 nitrogen and oxygen atoms in total. The van der Waals surface area contributed by atoms with Crippen LogP contribution < -0.4 is 0 Å². The monoisotopic (exact) mass is 298 g/mol. The van der Waals surface area contributed by atoms with E-state index in [0.717, 1.165) is 12.8 Å². The second-order valence-electron chi connectivity index (χ2n) is 7.03. The Hall–Kier alpha value is -1.32. The van der Waals surface area contributed by atoms with Gasteiger partial charge in [-0.1, -0.05) is 42.0 Å². The van der Waals surface area contributed by atoms with Crippen LogP contribution in [-0.4, -0.2) is 18.3 Å². The Morgan fingerprint density at radius 2 is 1.64 bits per heavy atom. The zero-order valence-corrected chi connectivity index (χ0v) is 14.5. The minimum Gasteiger partial charge on any atom is -0.400 e. The van der Waals surface area contributed by atoms with Gasteiger partial charge < -0.3 is 9.31 Å². The van der Waals surface area contributed by atoms with E-state index in [9.17, 15) is 0 Å². The van der Waals surface area contributed by atoms with Crippen molar-refractivity contribution in [2.45, 2.75) is 58.7 Å². The summed E-state index contributed by atoms with van der Waals surface area (Å²) in [6.07, 6.45) is 3.71. The van der Waals surface area contributed by atoms with Gasteiger partial charge in [-0.3, -0.25) is 0 Å². The maximum Gasteiger partial charge on any atom is 0.490 e. The molecule has 0 saturated carbocycles. The fraction of sp³-hybridized carbons (Fsp3) is 0.474. The van der Waals surface area contributed by atoms with Crippen molar-refractivity contribution in [1.82, 2.24) is 0 Å². The van der Waals surface area contributed by atoms with Crippen LogP contribution in [0.3, 0.4) is 0 Å². The van der Waals surface area contributed by atoms with Crippen molar-refractivity contribution < 1.29 is 9.31 Å². The third-order valence-electron chi connectivity index (χ3n) is 4.82. The Morgan fingerprint density at radius 1 is 1.09 bits per heavy atom. The summed E-state index contributed by atoms with van der Waals surface area (Å²) < 4.78 is 12.4. The van der Waals surface area contributed by atoms with Crippen LogP contribution in [0.1, 0.15) is 46.6 Å². The topological polar surface area (TPSA) is 18.5 Å². The molecule has 3 heteroatoms. The molecule has 0 spiro atoms. The summed E-state index contributed by atoms with van der Waals surface area (Å²) in [5.41, 5.74) is 3.19. The predicted octanol–water partition coefficient (Wildman–Crippen LogP) is 4.75. The normalized spacial score (nSPS) is 20.7. The van der Waals surface area contributed by atoms with Crippen molar-refractivity contribution in [3.63, 3.8) is 0 Å². The van der Waals surface area contributed by atoms with Crippen LogP contribution in [0, 0.1) is 0 Å². The van der Waals surface area contributed by atoms with Crippen LogP contribution in [-0.2, 0) is 15.7 Å². The van der Waals surface area contributed by atoms with Crippen molar-refractivity contribution in [1.29, 1.82) is 0 Å². The average Bonchev–Trinajstić information content (AvgIpc) is 2.67. The van der Waals surface area contributed by atoms with Crippen molar-refractivity contribution in [3.05, 3.63) is 59.6 Å². The van der Waals surface area contributed by atoms with E-state index in [0.29, 0.717) is 0 Å². The van der Waals surface area contributed by atoms with Gasteiger partial charge in [0.15, 0.2) is 0 Å². The fourth-order valence-corrected chi connectivity index (χ4v) is 2.58. The molecule has 1 saturated heterocycles. The predicted molar refractivity (Wildman–Crippen MR) is 93.7 cm³/mol. The Morgan fingerprint density at radius 3 is 2.14 bits per heavy atom. The average molecular weight is 298 g/mol. The highest BCUT2D eigenvalue weighted by molar-refractivity contribution is 6.54. The van der Waals surface area contributed by atoms with Crippen LogP contribution in [0.15, 0.2) is 54.0 Å². The van der Waals surface area contributed by atoms with Crippen molar-refractivity contribution in [2.75, 3.05) is 0 Å². The van der Waals surface area contributed by atoms with E-state index in [4.69, 9.17) is 9.31 Å². The summed E-state index contributed by atoms with van der Waals surface area (Å²) in [5, 5.41) is 0. The molecule has 0 unspecified atom stereocenters. The van der Waals surface area contributed by atoms with Gasteiger partial charge in [-0.2, -0.15) is 0 Å². The second-order valence-corrected chi connectivity index (χ2v) is 7.03. The molecule has 0 aromatic heterocycles. The highest BCUT2D eigenvalue weighted by Gasteiger charge is 2.51. The first-order valence-corrected chi connectivity index (χ1v) is 7.96. The number of benzene rings is 1. The maximum absolute atomic E-state index is 6.18. The van der Waals surface area contributed by atoms with E-state index in [1.165, 1.54) is 16.6 Å². The molecule has 1 aromatic carbocycles. The molecule has 1 fully saturated rings. The van der Waals surface area contributed by atoms with E-state index < -0.39 is 0 Å². The molecule has 1 aromatic rings. The minimum atomic E-state index is -0.301. The molecule has 1 heterocycles. The Bertz CT molecular complexity index is 542. The lowest BCUT2D eigenvalue weighted by molar-refractivity contribution is 0.00578. The summed E-state index contributed by atoms with van der Waals surface area (Å²) >= 11 is 0. The maximum atomic E-state index is 6.18. The molecule has 1 aliphatic heterocycles. The first-order valence-electron chi connectivity index (χ1n) is 7.96. The van der Waals surface area contributed by atoms with Crippen LogP contribution in [0.5, 0.6) is 0 Å². The highest BCUT2D eigenvalue weighted by atomic mass is 16.7. The Balaban J connectivity index is 2.26. The number of rotatable bonds is 5. The van der Waals surface area contributed by atoms with Crippen LogP contribution >= 0.6 is 0 Å². The highest BCUT2D eigenvalue weighted by Crippen LogP contribution is 2.39. The van der Waals surface area contributed by atoms with Gasteiger partial charge in [-0.25, -0.2) is 0 Å². The van der Waals surface area contributed by atoms with Gasteiger partial charge in [0.05, 0.1) is 11.2 Å². The Kier molecular flexibility index (Phi) is 4.98. The summed E-state index contributed by atoms with van der Waals surface area (Å²) in [4.78, 5) is 0. The van der Waals surface area contributed by atoms with Gasteiger partial charge in [0.25, 0.3) is 0 Å². The molecule has 0 N–H and O–H groups in total. The summed E-state index contributed by atoms with van der Waals surface area (Å²) in [6, 6.07) is 10.5. The molecular weight excluding hydrogens is 271 g/mol. The number of hydrogen-bond acceptors (Lipinski definition) is 2. The zero-order chi connectivity index (χ0) is 16.4. The molecule has 0 aliphatic carbocycles. The number of allylic oxidation sites excluding steroid dienone is 3. The lowest BCUT2D eigenvalue weighted by Gasteiger charge is -2.32. The van der Waals surface area contributed by atoms with Crippen molar-refractivity contribution in [2.24, 2.45) is 0 Å². The lowest BCUT2D eigenvalue weighted by Crippen LogP contribution is -2.41. The molecule has 2 rings (SSSR count). The van der Waals surface area contributed by atoms with Gasteiger partial charge in [-0.15, -0.1) is 6.58 Å². The third-order valence-corrected chi connectivity index (χ3v) is 4.82. The van der Waals surface area contributed by atoms with Gasteiger partial charge in [0.1, 0.15) is 0 Å². The fourth-order valence-electron chi connectivity index (χ4n) is 2.58. The van der Waals surface area contributed by atoms with Gasteiger partial charge >= 0.3 is 7.12 Å². The molecule has 0 amide bonds. The van der Waals surface area contributed by atoms with Crippen LogP contribution in [0.4, 0.5) is 0 Å². The van der Waals surface area contributed by atoms with Crippen LogP contribution in [0.25, 0.3) is 0 Å². The molecule has 1 aliphatic rings. The SMILES string of the molecule is C=CC/C(Cc1ccccc1)=C(/C)B1OC(C)(C)C(C)(C)O1. The van der Waals surface area contributed by atoms with Crippen LogP contribution in [0.2, 0.25) is 0 Å². The van der Waals surface area contributed by atoms with Gasteiger partial charge in [0, 0.05) is 0 Å². The van der Waals surface area contributed by atoms with E-state index in [-0.39, 0.29) is 18.3 Å². The van der Waals surface area contributed by atoms with E-state index >= 15 is 0 Å². The molecular formula is C19H27BO2. The standard InChI is InChI=1S/C19H27BO2/c1-7-11-17(14-16-12-9-8-10-13-16)15(2)20-21-18(3,4)19(5,6)22-20/h7-10,12-13H,1,11,14H2,2-6H3/b17-15+. The summed E-state index contributed by atoms with van der Waals surface area (Å²) in [6.45, 7) is 14.4. The summed E-state index contributed by atoms with van der Waals surface area (Å²) in [7, 11) is -0.274. The first kappa shape index (κ1) is 17.0. The molecule has 22 heavy (non-hydrogen) atoms. The largest absolute Gasteiger partial charge is 0.490 e. The van der Waals surface area contributed by atoms with Crippen molar-refractivity contribution >= 4 is 7.12 Å². The summed E-state index contributed by atoms with van der Waals surface area (Å²) in [5.74, 6) is 0. The Labute approximate surface area is 135 Å². The zero-order valence-electron chi connectivity index (χ0n) is 14.5.